The van der Waals surface area contributed by atoms with Gasteiger partial charge in [-0.2, -0.15) is 0 Å². The predicted octanol–water partition coefficient (Wildman–Crippen LogP) is 4.88. The van der Waals surface area contributed by atoms with Crippen LogP contribution in [-0.2, 0) is 4.79 Å². The van der Waals surface area contributed by atoms with Crippen LogP contribution in [0.15, 0.2) is 24.3 Å². The number of benzene rings is 1. The van der Waals surface area contributed by atoms with E-state index < -0.39 is 9.96 Å². The first-order valence-electron chi connectivity index (χ1n) is 7.06. The Kier molecular flexibility index (Phi) is 7.88. The maximum Gasteiger partial charge on any atom is 0.228 e. The van der Waals surface area contributed by atoms with Gasteiger partial charge in [-0.1, -0.05) is 67.2 Å². The second kappa shape index (κ2) is 8.77. The van der Waals surface area contributed by atoms with Crippen LogP contribution < -0.4 is 16.0 Å². The van der Waals surface area contributed by atoms with E-state index in [9.17, 15) is 4.79 Å². The molecule has 0 saturated heterocycles. The van der Waals surface area contributed by atoms with Gasteiger partial charge in [-0.25, -0.2) is 0 Å². The second-order valence-electron chi connectivity index (χ2n) is 6.38. The first-order chi connectivity index (χ1) is 10.9. The van der Waals surface area contributed by atoms with E-state index in [0.29, 0.717) is 10.7 Å². The van der Waals surface area contributed by atoms with Gasteiger partial charge in [0.05, 0.1) is 0 Å². The molecular weight excluding hydrogens is 412 g/mol. The van der Waals surface area contributed by atoms with Crippen molar-refractivity contribution in [1.82, 2.24) is 10.6 Å². The summed E-state index contributed by atoms with van der Waals surface area (Å²) in [5, 5.41) is 9.17. The molecule has 0 saturated carbocycles. The normalized spacial score (nSPS) is 13.1. The number of rotatable bonds is 4. The lowest BCUT2D eigenvalue weighted by molar-refractivity contribution is -0.123. The van der Waals surface area contributed by atoms with Crippen molar-refractivity contribution >= 4 is 75.3 Å². The minimum absolute atomic E-state index is 0.190. The fraction of sp³-hybridized carbons (Fsp3) is 0.467. The number of halogens is 4. The minimum atomic E-state index is -1.78. The third-order valence-electron chi connectivity index (χ3n) is 2.70. The van der Waals surface area contributed by atoms with Gasteiger partial charge >= 0.3 is 0 Å². The Morgan fingerprint density at radius 1 is 1.12 bits per heavy atom. The molecule has 1 aromatic carbocycles. The van der Waals surface area contributed by atoms with Gasteiger partial charge in [-0.15, -0.1) is 0 Å². The Balaban J connectivity index is 2.70. The van der Waals surface area contributed by atoms with Crippen molar-refractivity contribution in [3.63, 3.8) is 0 Å². The summed E-state index contributed by atoms with van der Waals surface area (Å²) in [6, 6.07) is 6.92. The Bertz CT molecular complexity index is 582. The molecule has 0 aliphatic rings. The molecule has 1 rings (SSSR count). The highest BCUT2D eigenvalue weighted by molar-refractivity contribution is 7.80. The number of nitrogens with one attached hydrogen (secondary N) is 3. The monoisotopic (exact) mass is 429 g/mol. The number of thiocarbonyl (C=S) groups is 1. The summed E-state index contributed by atoms with van der Waals surface area (Å²) in [6.45, 7) is 5.82. The Morgan fingerprint density at radius 2 is 1.67 bits per heavy atom. The van der Waals surface area contributed by atoms with Crippen LogP contribution in [0.4, 0.5) is 5.69 Å². The lowest BCUT2D eigenvalue weighted by Gasteiger charge is -2.29. The van der Waals surface area contributed by atoms with Crippen molar-refractivity contribution in [2.75, 3.05) is 5.32 Å². The number of amides is 1. The number of hydrogen-bond acceptors (Lipinski definition) is 2. The van der Waals surface area contributed by atoms with Gasteiger partial charge in [0.15, 0.2) is 5.11 Å². The summed E-state index contributed by atoms with van der Waals surface area (Å²) in [5.41, 5.74) is 0.519. The highest BCUT2D eigenvalue weighted by Gasteiger charge is 2.35. The van der Waals surface area contributed by atoms with E-state index in [-0.39, 0.29) is 22.9 Å². The standard InChI is InChI=1S/C15H19Cl4N3OS/c1-14(2,3)8-11(23)21-12(15(17,18)19)22-13(24)20-10-6-4-9(16)5-7-10/h4-7,12H,8H2,1-3H3,(H,21,23)(H2,20,22,24)/t12-/m0/s1. The van der Waals surface area contributed by atoms with Gasteiger partial charge in [-0.3, -0.25) is 4.79 Å². The van der Waals surface area contributed by atoms with Crippen LogP contribution in [0.25, 0.3) is 0 Å². The van der Waals surface area contributed by atoms with Crippen LogP contribution in [0.2, 0.25) is 5.02 Å². The molecule has 0 unspecified atom stereocenters. The molecule has 3 N–H and O–H groups in total. The van der Waals surface area contributed by atoms with Gasteiger partial charge < -0.3 is 16.0 Å². The van der Waals surface area contributed by atoms with E-state index in [1.165, 1.54) is 0 Å². The number of hydrogen-bond donors (Lipinski definition) is 3. The molecule has 1 aromatic rings. The molecule has 0 aliphatic carbocycles. The van der Waals surface area contributed by atoms with Crippen molar-refractivity contribution < 1.29 is 4.79 Å². The zero-order chi connectivity index (χ0) is 18.5. The topological polar surface area (TPSA) is 53.2 Å². The van der Waals surface area contributed by atoms with E-state index in [1.807, 2.05) is 20.8 Å². The van der Waals surface area contributed by atoms with Crippen LogP contribution in [-0.4, -0.2) is 21.0 Å². The molecule has 4 nitrogen and oxygen atoms in total. The summed E-state index contributed by atoms with van der Waals surface area (Å²) in [5.74, 6) is -0.249. The Morgan fingerprint density at radius 3 is 2.12 bits per heavy atom. The van der Waals surface area contributed by atoms with Crippen LogP contribution in [0, 0.1) is 5.41 Å². The quantitative estimate of drug-likeness (QED) is 0.362. The zero-order valence-corrected chi connectivity index (χ0v) is 17.3. The summed E-state index contributed by atoms with van der Waals surface area (Å²) in [6.07, 6.45) is -0.701. The average molecular weight is 431 g/mol. The Labute approximate surface area is 167 Å². The Hall–Kier alpha value is -0.460. The summed E-state index contributed by atoms with van der Waals surface area (Å²) in [4.78, 5) is 12.1. The van der Waals surface area contributed by atoms with E-state index in [0.717, 1.165) is 0 Å². The summed E-state index contributed by atoms with van der Waals surface area (Å²) >= 11 is 28.8. The van der Waals surface area contributed by atoms with Gasteiger partial charge in [0.2, 0.25) is 9.70 Å². The smallest absolute Gasteiger partial charge is 0.228 e. The maximum absolute atomic E-state index is 12.1. The van der Waals surface area contributed by atoms with Crippen LogP contribution in [0.1, 0.15) is 27.2 Å². The fourth-order valence-electron chi connectivity index (χ4n) is 1.72. The first kappa shape index (κ1) is 21.6. The van der Waals surface area contributed by atoms with Crippen molar-refractivity contribution in [2.45, 2.75) is 37.2 Å². The SMILES string of the molecule is CC(C)(C)CC(=O)N[C@@H](NC(=S)Nc1ccc(Cl)cc1)C(Cl)(Cl)Cl. The van der Waals surface area contributed by atoms with Crippen LogP contribution >= 0.6 is 58.6 Å². The molecule has 1 amide bonds. The van der Waals surface area contributed by atoms with Gasteiger partial charge in [0.25, 0.3) is 0 Å². The van der Waals surface area contributed by atoms with Crippen LogP contribution in [0.5, 0.6) is 0 Å². The molecule has 0 bridgehead atoms. The highest BCUT2D eigenvalue weighted by Crippen LogP contribution is 2.29. The second-order valence-corrected chi connectivity index (χ2v) is 9.60. The molecule has 134 valence electrons. The van der Waals surface area contributed by atoms with Gasteiger partial charge in [0.1, 0.15) is 6.17 Å². The molecule has 0 spiro atoms. The molecule has 24 heavy (non-hydrogen) atoms. The molecule has 0 aromatic heterocycles. The van der Waals surface area contributed by atoms with Gasteiger partial charge in [-0.05, 0) is 41.9 Å². The molecule has 1 atom stereocenters. The molecule has 0 radical (unpaired) electrons. The number of carbonyl (C=O) groups is 1. The third-order valence-corrected chi connectivity index (χ3v) is 3.83. The molecule has 0 fully saturated rings. The molecule has 0 heterocycles. The van der Waals surface area contributed by atoms with Crippen molar-refractivity contribution in [3.8, 4) is 0 Å². The fourth-order valence-corrected chi connectivity index (χ4v) is 2.41. The zero-order valence-electron chi connectivity index (χ0n) is 13.4. The number of anilines is 1. The van der Waals surface area contributed by atoms with Crippen molar-refractivity contribution in [3.05, 3.63) is 29.3 Å². The molecular formula is C15H19Cl4N3OS. The lowest BCUT2D eigenvalue weighted by atomic mass is 9.92. The minimum Gasteiger partial charge on any atom is -0.339 e. The average Bonchev–Trinajstić information content (AvgIpc) is 2.37. The van der Waals surface area contributed by atoms with E-state index in [1.54, 1.807) is 24.3 Å². The number of alkyl halides is 3. The summed E-state index contributed by atoms with van der Waals surface area (Å²) in [7, 11) is 0. The largest absolute Gasteiger partial charge is 0.339 e. The third kappa shape index (κ3) is 8.58. The first-order valence-corrected chi connectivity index (χ1v) is 8.98. The van der Waals surface area contributed by atoms with Gasteiger partial charge in [0, 0.05) is 17.1 Å². The highest BCUT2D eigenvalue weighted by atomic mass is 35.6. The van der Waals surface area contributed by atoms with Crippen molar-refractivity contribution in [1.29, 1.82) is 0 Å². The van der Waals surface area contributed by atoms with E-state index in [2.05, 4.69) is 16.0 Å². The molecule has 0 aliphatic heterocycles. The maximum atomic E-state index is 12.1. The van der Waals surface area contributed by atoms with Crippen LogP contribution in [0.3, 0.4) is 0 Å². The predicted molar refractivity (Wildman–Crippen MR) is 107 cm³/mol. The lowest BCUT2D eigenvalue weighted by Crippen LogP contribution is -2.56. The summed E-state index contributed by atoms with van der Waals surface area (Å²) < 4.78 is -1.78. The van der Waals surface area contributed by atoms with E-state index in [4.69, 9.17) is 58.6 Å². The molecule has 9 heteroatoms. The van der Waals surface area contributed by atoms with E-state index >= 15 is 0 Å². The van der Waals surface area contributed by atoms with Crippen molar-refractivity contribution in [2.24, 2.45) is 5.41 Å². The number of carbonyl (C=O) groups excluding carboxylic acids is 1.